The lowest BCUT2D eigenvalue weighted by molar-refractivity contribution is -0.167. The van der Waals surface area contributed by atoms with Crippen LogP contribution in [0.1, 0.15) is 445 Å². The fraction of sp³-hybridized carbons (Fsp3) is 0.935. The molecule has 6 heteroatoms. The number of carbonyl (C=O) groups is 3. The van der Waals surface area contributed by atoms with E-state index in [1.165, 1.54) is 340 Å². The molecule has 0 saturated carbocycles. The van der Waals surface area contributed by atoms with Crippen LogP contribution in [0.3, 0.4) is 0 Å². The zero-order valence-electron chi connectivity index (χ0n) is 56.8. The van der Waals surface area contributed by atoms with Gasteiger partial charge in [-0.1, -0.05) is 392 Å². The van der Waals surface area contributed by atoms with Crippen LogP contribution in [0.25, 0.3) is 0 Å². The van der Waals surface area contributed by atoms with Gasteiger partial charge in [0.2, 0.25) is 0 Å². The van der Waals surface area contributed by atoms with Gasteiger partial charge in [0.05, 0.1) is 0 Å². The average Bonchev–Trinajstić information content (AvgIpc) is 3.49. The first kappa shape index (κ1) is 81.2. The fourth-order valence-corrected chi connectivity index (χ4v) is 12.0. The average molecular weight is 1170 g/mol. The molecule has 0 aliphatic heterocycles. The highest BCUT2D eigenvalue weighted by molar-refractivity contribution is 5.71. The molecule has 0 aromatic rings. The number of carbonyl (C=O) groups excluding carboxylic acids is 3. The molecule has 0 aliphatic rings. The zero-order valence-corrected chi connectivity index (χ0v) is 56.8. The van der Waals surface area contributed by atoms with Gasteiger partial charge < -0.3 is 14.2 Å². The molecule has 0 bridgehead atoms. The second-order valence-corrected chi connectivity index (χ2v) is 26.3. The van der Waals surface area contributed by atoms with Crippen molar-refractivity contribution in [3.8, 4) is 0 Å². The first-order chi connectivity index (χ1) is 41.0. The summed E-state index contributed by atoms with van der Waals surface area (Å²) in [5.41, 5.74) is 0. The van der Waals surface area contributed by atoms with E-state index in [4.69, 9.17) is 14.2 Å². The second-order valence-electron chi connectivity index (χ2n) is 26.3. The number of rotatable bonds is 72. The number of hydrogen-bond donors (Lipinski definition) is 0. The number of hydrogen-bond acceptors (Lipinski definition) is 6. The van der Waals surface area contributed by atoms with Crippen LogP contribution in [0, 0.1) is 0 Å². The van der Waals surface area contributed by atoms with E-state index in [2.05, 4.69) is 32.9 Å². The van der Waals surface area contributed by atoms with Crippen LogP contribution in [-0.4, -0.2) is 37.2 Å². The molecule has 1 atom stereocenters. The summed E-state index contributed by atoms with van der Waals surface area (Å²) < 4.78 is 17.0. The van der Waals surface area contributed by atoms with Crippen LogP contribution < -0.4 is 0 Å². The summed E-state index contributed by atoms with van der Waals surface area (Å²) in [4.78, 5) is 38.4. The maximum atomic E-state index is 12.9. The third-order valence-electron chi connectivity index (χ3n) is 17.8. The summed E-state index contributed by atoms with van der Waals surface area (Å²) in [7, 11) is 0. The maximum absolute atomic E-state index is 12.9. The van der Waals surface area contributed by atoms with Gasteiger partial charge in [0, 0.05) is 19.3 Å². The molecular weight excluding hydrogens is 1020 g/mol. The Morgan fingerprint density at radius 1 is 0.229 bits per heavy atom. The minimum absolute atomic E-state index is 0.0657. The fourth-order valence-electron chi connectivity index (χ4n) is 12.0. The molecule has 6 nitrogen and oxygen atoms in total. The molecule has 0 spiro atoms. The van der Waals surface area contributed by atoms with Gasteiger partial charge in [-0.25, -0.2) is 0 Å². The van der Waals surface area contributed by atoms with Crippen molar-refractivity contribution in [3.05, 3.63) is 12.2 Å². The molecule has 83 heavy (non-hydrogen) atoms. The van der Waals surface area contributed by atoms with E-state index in [0.29, 0.717) is 19.3 Å². The van der Waals surface area contributed by atoms with Crippen molar-refractivity contribution < 1.29 is 28.6 Å². The summed E-state index contributed by atoms with van der Waals surface area (Å²) in [6.07, 6.45) is 88.5. The van der Waals surface area contributed by atoms with Crippen LogP contribution >= 0.6 is 0 Å². The summed E-state index contributed by atoms with van der Waals surface area (Å²) in [6.45, 7) is 6.72. The van der Waals surface area contributed by atoms with E-state index in [9.17, 15) is 14.4 Å². The van der Waals surface area contributed by atoms with Gasteiger partial charge in [-0.3, -0.25) is 14.4 Å². The van der Waals surface area contributed by atoms with Crippen LogP contribution in [-0.2, 0) is 28.6 Å². The Bertz CT molecular complexity index is 1300. The predicted octanol–water partition coefficient (Wildman–Crippen LogP) is 26.3. The molecule has 0 rings (SSSR count). The number of allylic oxidation sites excluding steroid dienone is 2. The molecule has 1 unspecified atom stereocenters. The van der Waals surface area contributed by atoms with Gasteiger partial charge in [0.25, 0.3) is 0 Å². The highest BCUT2D eigenvalue weighted by atomic mass is 16.6. The quantitative estimate of drug-likeness (QED) is 0.0261. The Morgan fingerprint density at radius 2 is 0.398 bits per heavy atom. The minimum Gasteiger partial charge on any atom is -0.462 e. The molecule has 0 aromatic heterocycles. The molecule has 0 fully saturated rings. The van der Waals surface area contributed by atoms with Crippen molar-refractivity contribution in [2.75, 3.05) is 13.2 Å². The van der Waals surface area contributed by atoms with E-state index in [-0.39, 0.29) is 31.1 Å². The molecule has 0 amide bonds. The van der Waals surface area contributed by atoms with E-state index >= 15 is 0 Å². The van der Waals surface area contributed by atoms with E-state index in [0.717, 1.165) is 64.2 Å². The Labute approximate surface area is 520 Å². The van der Waals surface area contributed by atoms with Gasteiger partial charge in [-0.05, 0) is 44.9 Å². The smallest absolute Gasteiger partial charge is 0.306 e. The van der Waals surface area contributed by atoms with Gasteiger partial charge >= 0.3 is 17.9 Å². The van der Waals surface area contributed by atoms with Crippen molar-refractivity contribution in [1.29, 1.82) is 0 Å². The monoisotopic (exact) mass is 1170 g/mol. The Morgan fingerprint density at radius 3 is 0.602 bits per heavy atom. The number of ether oxygens (including phenoxy) is 3. The van der Waals surface area contributed by atoms with Gasteiger partial charge in [-0.2, -0.15) is 0 Å². The van der Waals surface area contributed by atoms with Crippen molar-refractivity contribution in [2.24, 2.45) is 0 Å². The molecule has 492 valence electrons. The topological polar surface area (TPSA) is 78.9 Å². The van der Waals surface area contributed by atoms with E-state index in [1.807, 2.05) is 0 Å². The predicted molar refractivity (Wildman–Crippen MR) is 363 cm³/mol. The van der Waals surface area contributed by atoms with Crippen LogP contribution in [0.15, 0.2) is 12.2 Å². The highest BCUT2D eigenvalue weighted by Crippen LogP contribution is 2.20. The number of unbranched alkanes of at least 4 members (excludes halogenated alkanes) is 59. The Hall–Kier alpha value is -1.85. The molecule has 0 radical (unpaired) electrons. The van der Waals surface area contributed by atoms with Crippen molar-refractivity contribution in [2.45, 2.75) is 451 Å². The first-order valence-corrected chi connectivity index (χ1v) is 38.2. The van der Waals surface area contributed by atoms with Crippen molar-refractivity contribution in [1.82, 2.24) is 0 Å². The Balaban J connectivity index is 4.04. The molecule has 0 aliphatic carbocycles. The van der Waals surface area contributed by atoms with E-state index in [1.54, 1.807) is 0 Å². The summed E-state index contributed by atoms with van der Waals surface area (Å²) >= 11 is 0. The number of esters is 3. The summed E-state index contributed by atoms with van der Waals surface area (Å²) in [5, 5.41) is 0. The largest absolute Gasteiger partial charge is 0.462 e. The van der Waals surface area contributed by atoms with E-state index < -0.39 is 6.10 Å². The van der Waals surface area contributed by atoms with Crippen molar-refractivity contribution >= 4 is 17.9 Å². The highest BCUT2D eigenvalue weighted by Gasteiger charge is 2.20. The van der Waals surface area contributed by atoms with Crippen LogP contribution in [0.5, 0.6) is 0 Å². The second kappa shape index (κ2) is 72.6. The standard InChI is InChI=1S/C77H148O6/c1-4-7-10-13-16-19-22-25-28-30-31-32-33-34-35-36-37-38-39-40-41-42-43-44-45-46-47-48-50-52-55-58-61-64-67-70-76(79)82-73-74(72-81-75(78)69-66-63-60-57-54-51-27-24-21-18-15-12-9-6-3)83-77(80)71-68-65-62-59-56-53-49-29-26-23-20-17-14-11-8-5-2/h24,27,74H,4-23,25-26,28-73H2,1-3H3/b27-24-. The molecule has 0 saturated heterocycles. The zero-order chi connectivity index (χ0) is 59.9. The maximum Gasteiger partial charge on any atom is 0.306 e. The lowest BCUT2D eigenvalue weighted by atomic mass is 10.0. The van der Waals surface area contributed by atoms with Gasteiger partial charge in [-0.15, -0.1) is 0 Å². The van der Waals surface area contributed by atoms with Crippen LogP contribution in [0.4, 0.5) is 0 Å². The lowest BCUT2D eigenvalue weighted by Gasteiger charge is -2.18. The minimum atomic E-state index is -0.770. The third kappa shape index (κ3) is 70.8. The molecule has 0 aromatic carbocycles. The molecule has 0 heterocycles. The SMILES string of the molecule is CCCCCCC/C=C\CCCCCCCC(=O)OCC(COC(=O)CCCCCCCCCCCCCCCCCCCCCCCCCCCCCCCCCCCCC)OC(=O)CCCCCCCCCCCCCCCCCC. The normalized spacial score (nSPS) is 12.0. The third-order valence-corrected chi connectivity index (χ3v) is 17.8. The van der Waals surface area contributed by atoms with Gasteiger partial charge in [0.15, 0.2) is 6.10 Å². The summed E-state index contributed by atoms with van der Waals surface area (Å²) in [5.74, 6) is -0.839. The molecule has 0 N–H and O–H groups in total. The van der Waals surface area contributed by atoms with Gasteiger partial charge in [0.1, 0.15) is 13.2 Å². The summed E-state index contributed by atoms with van der Waals surface area (Å²) in [6, 6.07) is 0. The Kier molecular flexibility index (Phi) is 71.0. The lowest BCUT2D eigenvalue weighted by Crippen LogP contribution is -2.30. The molecular formula is C77H148O6. The first-order valence-electron chi connectivity index (χ1n) is 38.2. The van der Waals surface area contributed by atoms with Crippen LogP contribution in [0.2, 0.25) is 0 Å². The van der Waals surface area contributed by atoms with Crippen molar-refractivity contribution in [3.63, 3.8) is 0 Å².